The van der Waals surface area contributed by atoms with Gasteiger partial charge < -0.3 is 30.5 Å². The molecule has 0 aromatic heterocycles. The summed E-state index contributed by atoms with van der Waals surface area (Å²) < 4.78 is 0. The van der Waals surface area contributed by atoms with Crippen LogP contribution in [0.25, 0.3) is 23.5 Å². The Labute approximate surface area is 195 Å². The molecule has 5 heteroatoms. The zero-order valence-electron chi connectivity index (χ0n) is 16.8. The van der Waals surface area contributed by atoms with Crippen molar-refractivity contribution in [2.24, 2.45) is 0 Å². The first kappa shape index (κ1) is 29.1. The van der Waals surface area contributed by atoms with Crippen molar-refractivity contribution in [3.05, 3.63) is 57.2 Å². The summed E-state index contributed by atoms with van der Waals surface area (Å²) in [5, 5.41) is 2.67. The van der Waals surface area contributed by atoms with Crippen LogP contribution in [0, 0.1) is 6.08 Å². The summed E-state index contributed by atoms with van der Waals surface area (Å²) in [6.45, 7) is 8.71. The first-order valence-electron chi connectivity index (χ1n) is 9.16. The van der Waals surface area contributed by atoms with E-state index in [9.17, 15) is 0 Å². The Hall–Kier alpha value is -0.0888. The van der Waals surface area contributed by atoms with E-state index in [0.29, 0.717) is 0 Å². The molecule has 27 heavy (non-hydrogen) atoms. The van der Waals surface area contributed by atoms with Crippen molar-refractivity contribution in [1.82, 2.24) is 0 Å². The SMILES string of the molecule is CC1=[C-]c2cc3c(cc2=C1C)C=CC=3.C[SiH]C.[Cl-].[Cl-].[NH-]C1CCCCC1.[Ti+4]. The molecule has 1 aromatic carbocycles. The van der Waals surface area contributed by atoms with Crippen molar-refractivity contribution in [1.29, 1.82) is 0 Å². The molecule has 3 aliphatic carbocycles. The number of benzene rings is 1. The van der Waals surface area contributed by atoms with Gasteiger partial charge >= 0.3 is 21.7 Å². The zero-order valence-corrected chi connectivity index (χ0v) is 21.1. The van der Waals surface area contributed by atoms with Crippen molar-refractivity contribution < 1.29 is 46.5 Å². The summed E-state index contributed by atoms with van der Waals surface area (Å²) in [5.74, 6) is 0. The summed E-state index contributed by atoms with van der Waals surface area (Å²) >= 11 is 0. The van der Waals surface area contributed by atoms with Crippen LogP contribution in [0.1, 0.15) is 57.1 Å². The zero-order chi connectivity index (χ0) is 17.5. The monoisotopic (exact) mass is 454 g/mol. The molecule has 0 aliphatic heterocycles. The van der Waals surface area contributed by atoms with Gasteiger partial charge in [0, 0.05) is 9.52 Å². The van der Waals surface area contributed by atoms with Crippen LogP contribution in [0.3, 0.4) is 0 Å². The van der Waals surface area contributed by atoms with E-state index in [2.05, 4.69) is 63.4 Å². The molecule has 1 N–H and O–H groups in total. The minimum absolute atomic E-state index is 0. The van der Waals surface area contributed by atoms with Crippen LogP contribution >= 0.6 is 0 Å². The largest absolute Gasteiger partial charge is 4.00 e. The Bertz CT molecular complexity index is 750. The Morgan fingerprint density at radius 1 is 1.04 bits per heavy atom. The van der Waals surface area contributed by atoms with Gasteiger partial charge in [0.15, 0.2) is 0 Å². The molecule has 1 fully saturated rings. The van der Waals surface area contributed by atoms with Gasteiger partial charge in [-0.15, -0.1) is 29.0 Å². The van der Waals surface area contributed by atoms with Crippen molar-refractivity contribution in [2.45, 2.75) is 65.1 Å². The number of rotatable bonds is 0. The molecule has 1 nitrogen and oxygen atoms in total. The predicted octanol–water partition coefficient (Wildman–Crippen LogP) is -1.33. The number of fused-ring (bicyclic) bond motifs is 2. The Morgan fingerprint density at radius 2 is 1.63 bits per heavy atom. The van der Waals surface area contributed by atoms with E-state index in [1.807, 2.05) is 0 Å². The number of nitrogens with one attached hydrogen (secondary N) is 1. The van der Waals surface area contributed by atoms with Gasteiger partial charge in [-0.25, -0.2) is 0 Å². The van der Waals surface area contributed by atoms with E-state index in [1.165, 1.54) is 52.0 Å². The van der Waals surface area contributed by atoms with Gasteiger partial charge in [0.25, 0.3) is 0 Å². The van der Waals surface area contributed by atoms with E-state index in [1.54, 1.807) is 0 Å². The molecule has 0 saturated heterocycles. The average molecular weight is 455 g/mol. The van der Waals surface area contributed by atoms with Gasteiger partial charge in [-0.2, -0.15) is 11.1 Å². The second-order valence-electron chi connectivity index (χ2n) is 6.84. The van der Waals surface area contributed by atoms with Gasteiger partial charge in [-0.05, 0) is 5.56 Å². The van der Waals surface area contributed by atoms with Crippen molar-refractivity contribution in [3.8, 4) is 0 Å². The van der Waals surface area contributed by atoms with Gasteiger partial charge in [-0.3, -0.25) is 0 Å². The second-order valence-corrected chi connectivity index (χ2v) is 7.99. The molecule has 0 amide bonds. The van der Waals surface area contributed by atoms with Crippen LogP contribution in [0.5, 0.6) is 0 Å². The molecule has 0 heterocycles. The molecular weight excluding hydrogens is 425 g/mol. The molecular formula is C22H30Cl2NSiTi. The van der Waals surface area contributed by atoms with Crippen LogP contribution in [0.15, 0.2) is 23.8 Å². The molecule has 1 saturated carbocycles. The quantitative estimate of drug-likeness (QED) is 0.342. The number of hydrogen-bond donors (Lipinski definition) is 0. The first-order valence-corrected chi connectivity index (χ1v) is 11.5. The van der Waals surface area contributed by atoms with Crippen LogP contribution in [-0.2, 0) is 21.7 Å². The Kier molecular flexibility index (Phi) is 16.0. The first-order chi connectivity index (χ1) is 11.6. The molecule has 0 spiro atoms. The molecule has 4 rings (SSSR count). The Morgan fingerprint density at radius 3 is 2.15 bits per heavy atom. The minimum atomic E-state index is 0. The molecule has 145 valence electrons. The maximum absolute atomic E-state index is 7.27. The third-order valence-corrected chi connectivity index (χ3v) is 4.67. The molecule has 0 unspecified atom stereocenters. The summed E-state index contributed by atoms with van der Waals surface area (Å²) in [6, 6.07) is 4.78. The normalized spacial score (nSPS) is 15.7. The van der Waals surface area contributed by atoms with Gasteiger partial charge in [-0.1, -0.05) is 88.6 Å². The third-order valence-electron chi connectivity index (χ3n) is 4.67. The maximum Gasteiger partial charge on any atom is 4.00 e. The summed E-state index contributed by atoms with van der Waals surface area (Å²) in [5.41, 5.74) is 12.5. The van der Waals surface area contributed by atoms with E-state index < -0.39 is 0 Å². The predicted molar refractivity (Wildman–Crippen MR) is 110 cm³/mol. The maximum atomic E-state index is 7.27. The fraction of sp³-hybridized carbons (Fsp3) is 0.455. The third kappa shape index (κ3) is 8.43. The molecule has 1 aromatic rings. The summed E-state index contributed by atoms with van der Waals surface area (Å²) in [6.07, 6.45) is 16.1. The molecule has 0 bridgehead atoms. The fourth-order valence-corrected chi connectivity index (χ4v) is 3.19. The van der Waals surface area contributed by atoms with Crippen LogP contribution < -0.4 is 35.3 Å². The van der Waals surface area contributed by atoms with Gasteiger partial charge in [0.05, 0.1) is 0 Å². The average Bonchev–Trinajstić information content (AvgIpc) is 3.12. The van der Waals surface area contributed by atoms with E-state index in [0.717, 1.165) is 22.4 Å². The van der Waals surface area contributed by atoms with Crippen molar-refractivity contribution >= 4 is 27.2 Å². The van der Waals surface area contributed by atoms with Crippen LogP contribution in [0.2, 0.25) is 13.1 Å². The van der Waals surface area contributed by atoms with Crippen molar-refractivity contribution in [3.63, 3.8) is 0 Å². The molecule has 1 radical (unpaired) electrons. The topological polar surface area (TPSA) is 23.8 Å². The smallest absolute Gasteiger partial charge is 1.00 e. The van der Waals surface area contributed by atoms with Gasteiger partial charge in [0.2, 0.25) is 0 Å². The number of hydrogen-bond acceptors (Lipinski definition) is 0. The fourth-order valence-electron chi connectivity index (χ4n) is 3.19. The summed E-state index contributed by atoms with van der Waals surface area (Å²) in [7, 11) is 0.750. The van der Waals surface area contributed by atoms with Gasteiger partial charge in [0.1, 0.15) is 0 Å². The second kappa shape index (κ2) is 14.8. The number of allylic oxidation sites excluding steroid dienone is 2. The van der Waals surface area contributed by atoms with E-state index in [-0.39, 0.29) is 52.6 Å². The number of halogens is 2. The Balaban J connectivity index is 0. The molecule has 0 atom stereocenters. The van der Waals surface area contributed by atoms with Crippen LogP contribution in [-0.4, -0.2) is 15.6 Å². The van der Waals surface area contributed by atoms with Crippen LogP contribution in [0.4, 0.5) is 0 Å². The molecule has 3 aliphatic rings. The van der Waals surface area contributed by atoms with E-state index >= 15 is 0 Å². The standard InChI is InChI=1S/C14H11.C6H12N.C2H7Si.2ClH.Ti/c1-9-6-13-7-11-4-3-5-12(11)8-14(13)10(9)2;7-6-4-2-1-3-5-6;1-3-2;;;/h3-5,7-8H,1-2H3;6-7H,1-5H2;3H,1-2H3;2*1H;/q2*-1;;;;+4/p-2. The minimum Gasteiger partial charge on any atom is -1.00 e. The van der Waals surface area contributed by atoms with E-state index in [4.69, 9.17) is 5.73 Å². The summed E-state index contributed by atoms with van der Waals surface area (Å²) in [4.78, 5) is 0. The van der Waals surface area contributed by atoms with Crippen molar-refractivity contribution in [2.75, 3.05) is 0 Å².